The third kappa shape index (κ3) is 5.67. The van der Waals surface area contributed by atoms with Gasteiger partial charge in [-0.2, -0.15) is 4.98 Å². The maximum absolute atomic E-state index is 14.8. The maximum Gasteiger partial charge on any atom is 0.264 e. The van der Waals surface area contributed by atoms with Gasteiger partial charge in [-0.25, -0.2) is 28.1 Å². The summed E-state index contributed by atoms with van der Waals surface area (Å²) in [7, 11) is -4.17. The van der Waals surface area contributed by atoms with Gasteiger partial charge in [-0.15, -0.1) is 0 Å². The summed E-state index contributed by atoms with van der Waals surface area (Å²) >= 11 is 0. The molecule has 4 aromatic rings. The van der Waals surface area contributed by atoms with Gasteiger partial charge >= 0.3 is 0 Å². The fraction of sp³-hybridized carbons (Fsp3) is 0.447. The first kappa shape index (κ1) is 32.6. The molecule has 5 aliphatic rings. The predicted molar refractivity (Wildman–Crippen MR) is 188 cm³/mol. The molecule has 50 heavy (non-hydrogen) atoms. The summed E-state index contributed by atoms with van der Waals surface area (Å²) < 4.78 is 42.7. The lowest BCUT2D eigenvalue weighted by atomic mass is 9.41. The van der Waals surface area contributed by atoms with Crippen LogP contribution in [0.2, 0.25) is 0 Å². The molecule has 2 atom stereocenters. The zero-order valence-corrected chi connectivity index (χ0v) is 29.6. The second-order valence-electron chi connectivity index (χ2n) is 14.8. The number of rotatable bonds is 7. The molecule has 260 valence electrons. The number of hydrogen-bond donors (Lipinski definition) is 1. The molecule has 0 saturated heterocycles. The highest BCUT2D eigenvalue weighted by molar-refractivity contribution is 7.92. The van der Waals surface area contributed by atoms with Crippen LogP contribution in [0.15, 0.2) is 65.8 Å². The van der Waals surface area contributed by atoms with Gasteiger partial charge in [-0.1, -0.05) is 38.1 Å². The van der Waals surface area contributed by atoms with Gasteiger partial charge in [0.2, 0.25) is 11.8 Å². The molecular weight excluding hydrogens is 653 g/mol. The SMILES string of the molecule is Cc1cccc(C)c1-c1cc2nc(n1)NS(=O)(=O)c1cccc(c1)C(=O)N(C13CC(C1)C3c1ncc(OC3CCC3)cn1)C(CC(C)C)CO2. The Morgan fingerprint density at radius 1 is 1.02 bits per heavy atom. The molecule has 4 fully saturated rings. The molecule has 0 radical (unpaired) electrons. The second kappa shape index (κ2) is 12.3. The lowest BCUT2D eigenvalue weighted by molar-refractivity contribution is -0.172. The van der Waals surface area contributed by atoms with E-state index in [1.807, 2.05) is 36.9 Å². The van der Waals surface area contributed by atoms with Gasteiger partial charge in [0.05, 0.1) is 40.7 Å². The Labute approximate surface area is 292 Å². The second-order valence-corrected chi connectivity index (χ2v) is 16.5. The van der Waals surface area contributed by atoms with E-state index in [4.69, 9.17) is 19.4 Å². The first-order chi connectivity index (χ1) is 24.0. The van der Waals surface area contributed by atoms with Crippen molar-refractivity contribution in [2.45, 2.75) is 94.7 Å². The van der Waals surface area contributed by atoms with Crippen LogP contribution in [0.5, 0.6) is 11.6 Å². The number of carbonyl (C=O) groups excluding carboxylic acids is 1. The Kier molecular flexibility index (Phi) is 8.04. The third-order valence-corrected chi connectivity index (χ3v) is 12.2. The molecule has 2 aromatic heterocycles. The fourth-order valence-corrected chi connectivity index (χ4v) is 9.18. The number of carbonyl (C=O) groups is 1. The first-order valence-corrected chi connectivity index (χ1v) is 19.0. The van der Waals surface area contributed by atoms with Crippen molar-refractivity contribution in [3.05, 3.63) is 83.4 Å². The highest BCUT2D eigenvalue weighted by Gasteiger charge is 2.71. The van der Waals surface area contributed by atoms with Crippen molar-refractivity contribution in [2.75, 3.05) is 11.3 Å². The molecule has 6 bridgehead atoms. The Morgan fingerprint density at radius 2 is 1.74 bits per heavy atom. The van der Waals surface area contributed by atoms with Gasteiger partial charge in [-0.05, 0) is 93.5 Å². The highest BCUT2D eigenvalue weighted by atomic mass is 32.2. The van der Waals surface area contributed by atoms with Gasteiger partial charge in [0.15, 0.2) is 5.75 Å². The lowest BCUT2D eigenvalue weighted by Crippen LogP contribution is -2.77. The minimum Gasteiger partial charge on any atom is -0.487 e. The molecule has 1 aliphatic heterocycles. The Bertz CT molecular complexity index is 2040. The molecule has 1 N–H and O–H groups in total. The quantitative estimate of drug-likeness (QED) is 0.231. The van der Waals surface area contributed by atoms with E-state index in [0.29, 0.717) is 35.2 Å². The molecule has 12 heteroatoms. The average Bonchev–Trinajstić information content (AvgIpc) is 3.02. The molecule has 2 unspecified atom stereocenters. The minimum absolute atomic E-state index is 0.0500. The fourth-order valence-electron chi connectivity index (χ4n) is 8.19. The Morgan fingerprint density at radius 3 is 2.38 bits per heavy atom. The van der Waals surface area contributed by atoms with E-state index in [-0.39, 0.29) is 53.2 Å². The number of hydrogen-bond acceptors (Lipinski definition) is 9. The Balaban J connectivity index is 1.21. The van der Waals surface area contributed by atoms with Crippen molar-refractivity contribution in [1.82, 2.24) is 24.8 Å². The number of benzene rings is 2. The van der Waals surface area contributed by atoms with Gasteiger partial charge in [0.1, 0.15) is 12.4 Å². The molecule has 9 rings (SSSR count). The van der Waals surface area contributed by atoms with Crippen molar-refractivity contribution < 1.29 is 22.7 Å². The normalized spacial score (nSPS) is 25.4. The monoisotopic (exact) mass is 694 g/mol. The van der Waals surface area contributed by atoms with Gasteiger partial charge < -0.3 is 14.4 Å². The first-order valence-electron chi connectivity index (χ1n) is 17.5. The van der Waals surface area contributed by atoms with Crippen LogP contribution < -0.4 is 14.2 Å². The van der Waals surface area contributed by atoms with Crippen molar-refractivity contribution in [3.63, 3.8) is 0 Å². The molecule has 3 heterocycles. The topological polar surface area (TPSA) is 136 Å². The summed E-state index contributed by atoms with van der Waals surface area (Å²) in [4.78, 5) is 35.5. The molecule has 4 saturated carbocycles. The molecule has 4 aliphatic carbocycles. The number of nitrogens with zero attached hydrogens (tertiary/aromatic N) is 5. The zero-order chi connectivity index (χ0) is 34.8. The van der Waals surface area contributed by atoms with Crippen LogP contribution in [0.1, 0.15) is 85.6 Å². The number of nitrogens with one attached hydrogen (secondary N) is 1. The smallest absolute Gasteiger partial charge is 0.264 e. The van der Waals surface area contributed by atoms with Crippen LogP contribution in [-0.4, -0.2) is 63.5 Å². The van der Waals surface area contributed by atoms with Gasteiger partial charge in [0, 0.05) is 23.1 Å². The third-order valence-electron chi connectivity index (χ3n) is 10.9. The number of fused-ring (bicyclic) bond motifs is 4. The van der Waals surface area contributed by atoms with Crippen molar-refractivity contribution in [2.24, 2.45) is 11.8 Å². The van der Waals surface area contributed by atoms with Crippen LogP contribution >= 0.6 is 0 Å². The number of anilines is 1. The summed E-state index contributed by atoms with van der Waals surface area (Å²) in [5, 5.41) is 0. The van der Waals surface area contributed by atoms with Crippen LogP contribution in [0.4, 0.5) is 5.95 Å². The van der Waals surface area contributed by atoms with Crippen molar-refractivity contribution in [1.29, 1.82) is 0 Å². The number of sulfonamides is 1. The van der Waals surface area contributed by atoms with E-state index in [0.717, 1.165) is 42.4 Å². The van der Waals surface area contributed by atoms with Crippen LogP contribution in [0.3, 0.4) is 0 Å². The van der Waals surface area contributed by atoms with E-state index in [1.54, 1.807) is 30.6 Å². The van der Waals surface area contributed by atoms with Crippen molar-refractivity contribution >= 4 is 21.9 Å². The van der Waals surface area contributed by atoms with Crippen LogP contribution in [0.25, 0.3) is 11.3 Å². The number of ether oxygens (including phenoxy) is 2. The summed E-state index contributed by atoms with van der Waals surface area (Å²) in [6.45, 7) is 8.40. The Hall–Kier alpha value is -4.58. The molecule has 1 amide bonds. The number of aromatic nitrogens is 4. The number of amides is 1. The minimum atomic E-state index is -4.17. The molecular formula is C38H42N6O5S. The van der Waals surface area contributed by atoms with E-state index < -0.39 is 15.6 Å². The van der Waals surface area contributed by atoms with Crippen molar-refractivity contribution in [3.8, 4) is 22.9 Å². The van der Waals surface area contributed by atoms with E-state index >= 15 is 0 Å². The van der Waals surface area contributed by atoms with E-state index in [2.05, 4.69) is 28.5 Å². The number of aryl methyl sites for hydroxylation is 2. The van der Waals surface area contributed by atoms with Crippen LogP contribution in [-0.2, 0) is 10.0 Å². The summed E-state index contributed by atoms with van der Waals surface area (Å²) in [6, 6.07) is 13.6. The highest BCUT2D eigenvalue weighted by Crippen LogP contribution is 2.69. The lowest BCUT2D eigenvalue weighted by Gasteiger charge is -2.72. The predicted octanol–water partition coefficient (Wildman–Crippen LogP) is 6.48. The maximum atomic E-state index is 14.8. The van der Waals surface area contributed by atoms with Gasteiger partial charge in [-0.3, -0.25) is 4.79 Å². The molecule has 0 spiro atoms. The summed E-state index contributed by atoms with van der Waals surface area (Å²) in [5.41, 5.74) is 3.16. The van der Waals surface area contributed by atoms with E-state index in [1.165, 1.54) is 18.6 Å². The standard InChI is InChI=1S/C38H42N6O5S/c1-22(2)14-27-21-48-32-16-31(33-23(3)8-5-9-24(33)4)41-37(42-32)43-50(46,47)30-13-6-10-25(15-30)36(45)44(27)38-17-26(18-38)34(38)35-39-19-29(20-40-35)49-28-11-7-12-28/h5-6,8-10,13,15-16,19-20,22,26-28,34H,7,11-12,14,17-18,21H2,1-4H3,(H,41,42,43). The summed E-state index contributed by atoms with van der Waals surface area (Å²) in [5.74, 6) is 1.79. The largest absolute Gasteiger partial charge is 0.487 e. The average molecular weight is 695 g/mol. The molecule has 11 nitrogen and oxygen atoms in total. The van der Waals surface area contributed by atoms with Gasteiger partial charge in [0.25, 0.3) is 15.9 Å². The van der Waals surface area contributed by atoms with E-state index in [9.17, 15) is 13.2 Å². The molecule has 2 aromatic carbocycles. The zero-order valence-electron chi connectivity index (χ0n) is 28.8. The van der Waals surface area contributed by atoms with Crippen LogP contribution in [0, 0.1) is 25.7 Å². The summed E-state index contributed by atoms with van der Waals surface area (Å²) in [6.07, 6.45) is 9.31.